The normalized spacial score (nSPS) is 12.2. The molecular weight excluding hydrogens is 234 g/mol. The average molecular weight is 255 g/mol. The Labute approximate surface area is 115 Å². The van der Waals surface area contributed by atoms with Gasteiger partial charge >= 0.3 is 0 Å². The molecule has 100 valence electrons. The number of nitrogens with two attached hydrogens (primary N) is 1. The topological polar surface area (TPSA) is 35.2 Å². The number of methoxy groups -OCH3 is 1. The maximum atomic E-state index is 6.30. The number of aryl methyl sites for hydroxylation is 2. The minimum Gasteiger partial charge on any atom is -0.496 e. The molecule has 19 heavy (non-hydrogen) atoms. The summed E-state index contributed by atoms with van der Waals surface area (Å²) in [6, 6.07) is 14.4. The molecule has 2 rings (SSSR count). The Hall–Kier alpha value is -1.80. The van der Waals surface area contributed by atoms with Gasteiger partial charge in [-0.2, -0.15) is 0 Å². The average Bonchev–Trinajstić information content (AvgIpc) is 2.42. The highest BCUT2D eigenvalue weighted by atomic mass is 16.5. The molecule has 2 aromatic carbocycles. The third-order valence-electron chi connectivity index (χ3n) is 3.45. The summed E-state index contributed by atoms with van der Waals surface area (Å²) in [6.45, 7) is 4.19. The molecule has 0 spiro atoms. The van der Waals surface area contributed by atoms with Gasteiger partial charge in [-0.25, -0.2) is 0 Å². The summed E-state index contributed by atoms with van der Waals surface area (Å²) < 4.78 is 5.49. The van der Waals surface area contributed by atoms with Crippen LogP contribution in [0.15, 0.2) is 42.5 Å². The van der Waals surface area contributed by atoms with E-state index in [1.165, 1.54) is 16.7 Å². The maximum Gasteiger partial charge on any atom is 0.122 e. The molecule has 0 aliphatic rings. The lowest BCUT2D eigenvalue weighted by Crippen LogP contribution is -2.14. The van der Waals surface area contributed by atoms with Crippen LogP contribution in [0.1, 0.15) is 28.3 Å². The first-order valence-electron chi connectivity index (χ1n) is 6.56. The summed E-state index contributed by atoms with van der Waals surface area (Å²) in [5.74, 6) is 0.934. The second-order valence-electron chi connectivity index (χ2n) is 4.98. The molecular formula is C17H21NO. The van der Waals surface area contributed by atoms with E-state index in [0.717, 1.165) is 17.7 Å². The second kappa shape index (κ2) is 5.89. The van der Waals surface area contributed by atoms with Crippen molar-refractivity contribution >= 4 is 0 Å². The third-order valence-corrected chi connectivity index (χ3v) is 3.45. The van der Waals surface area contributed by atoms with Crippen molar-refractivity contribution < 1.29 is 4.74 Å². The van der Waals surface area contributed by atoms with E-state index in [1.807, 2.05) is 18.2 Å². The van der Waals surface area contributed by atoms with Crippen LogP contribution in [0.5, 0.6) is 5.75 Å². The summed E-state index contributed by atoms with van der Waals surface area (Å²) in [4.78, 5) is 0. The number of benzene rings is 2. The van der Waals surface area contributed by atoms with E-state index in [1.54, 1.807) is 7.11 Å². The molecule has 0 saturated heterocycles. The van der Waals surface area contributed by atoms with Gasteiger partial charge in [0.2, 0.25) is 0 Å². The predicted octanol–water partition coefficient (Wildman–Crippen LogP) is 3.55. The van der Waals surface area contributed by atoms with Crippen molar-refractivity contribution in [1.82, 2.24) is 0 Å². The van der Waals surface area contributed by atoms with Gasteiger partial charge in [0.25, 0.3) is 0 Å². The highest BCUT2D eigenvalue weighted by molar-refractivity contribution is 5.44. The van der Waals surface area contributed by atoms with Crippen molar-refractivity contribution in [2.24, 2.45) is 5.73 Å². The Balaban J connectivity index is 2.28. The van der Waals surface area contributed by atoms with Gasteiger partial charge in [-0.1, -0.05) is 36.4 Å². The second-order valence-corrected chi connectivity index (χ2v) is 4.98. The van der Waals surface area contributed by atoms with Gasteiger partial charge in [0.15, 0.2) is 0 Å². The standard InChI is InChI=1S/C17H21NO/c1-12-9-13(2)15(17(10-12)19-3)11-16(18)14-7-5-4-6-8-14/h4-10,16H,11,18H2,1-3H3. The zero-order valence-corrected chi connectivity index (χ0v) is 11.8. The van der Waals surface area contributed by atoms with Crippen LogP contribution >= 0.6 is 0 Å². The Morgan fingerprint density at radius 2 is 1.79 bits per heavy atom. The third kappa shape index (κ3) is 3.15. The molecule has 0 fully saturated rings. The SMILES string of the molecule is COc1cc(C)cc(C)c1CC(N)c1ccccc1. The molecule has 2 aromatic rings. The van der Waals surface area contributed by atoms with Crippen LogP contribution in [0.4, 0.5) is 0 Å². The van der Waals surface area contributed by atoms with E-state index in [2.05, 4.69) is 38.1 Å². The Morgan fingerprint density at radius 3 is 2.42 bits per heavy atom. The van der Waals surface area contributed by atoms with Crippen LogP contribution in [-0.2, 0) is 6.42 Å². The van der Waals surface area contributed by atoms with E-state index in [9.17, 15) is 0 Å². The lowest BCUT2D eigenvalue weighted by atomic mass is 9.95. The van der Waals surface area contributed by atoms with Crippen molar-refractivity contribution in [2.75, 3.05) is 7.11 Å². The lowest BCUT2D eigenvalue weighted by Gasteiger charge is -2.17. The quantitative estimate of drug-likeness (QED) is 0.906. The van der Waals surface area contributed by atoms with Crippen LogP contribution in [0.2, 0.25) is 0 Å². The van der Waals surface area contributed by atoms with E-state index >= 15 is 0 Å². The summed E-state index contributed by atoms with van der Waals surface area (Å²) in [7, 11) is 1.71. The van der Waals surface area contributed by atoms with Gasteiger partial charge in [0.1, 0.15) is 5.75 Å². The summed E-state index contributed by atoms with van der Waals surface area (Å²) in [5.41, 5.74) is 11.1. The van der Waals surface area contributed by atoms with Crippen LogP contribution in [-0.4, -0.2) is 7.11 Å². The van der Waals surface area contributed by atoms with Crippen molar-refractivity contribution in [3.8, 4) is 5.75 Å². The molecule has 0 bridgehead atoms. The Bertz CT molecular complexity index is 549. The van der Waals surface area contributed by atoms with E-state index < -0.39 is 0 Å². The van der Waals surface area contributed by atoms with Crippen molar-refractivity contribution in [3.63, 3.8) is 0 Å². The van der Waals surface area contributed by atoms with E-state index in [-0.39, 0.29) is 6.04 Å². The Morgan fingerprint density at radius 1 is 1.11 bits per heavy atom. The van der Waals surface area contributed by atoms with Gasteiger partial charge in [0, 0.05) is 6.04 Å². The van der Waals surface area contributed by atoms with E-state index in [0.29, 0.717) is 0 Å². The van der Waals surface area contributed by atoms with Crippen LogP contribution < -0.4 is 10.5 Å². The minimum absolute atomic E-state index is 0.00324. The number of ether oxygens (including phenoxy) is 1. The molecule has 2 nitrogen and oxygen atoms in total. The Kier molecular flexibility index (Phi) is 4.23. The maximum absolute atomic E-state index is 6.30. The van der Waals surface area contributed by atoms with Crippen LogP contribution in [0.25, 0.3) is 0 Å². The summed E-state index contributed by atoms with van der Waals surface area (Å²) in [6.07, 6.45) is 0.791. The van der Waals surface area contributed by atoms with Crippen molar-refractivity contribution in [3.05, 3.63) is 64.7 Å². The number of hydrogen-bond donors (Lipinski definition) is 1. The highest BCUT2D eigenvalue weighted by Crippen LogP contribution is 2.28. The fourth-order valence-corrected chi connectivity index (χ4v) is 2.44. The molecule has 1 atom stereocenters. The molecule has 0 aromatic heterocycles. The first-order chi connectivity index (χ1) is 9.11. The summed E-state index contributed by atoms with van der Waals surface area (Å²) in [5, 5.41) is 0. The molecule has 0 amide bonds. The van der Waals surface area contributed by atoms with Crippen molar-refractivity contribution in [2.45, 2.75) is 26.3 Å². The van der Waals surface area contributed by atoms with Gasteiger partial charge in [-0.3, -0.25) is 0 Å². The van der Waals surface area contributed by atoms with Crippen LogP contribution in [0, 0.1) is 13.8 Å². The molecule has 0 radical (unpaired) electrons. The molecule has 0 aliphatic heterocycles. The minimum atomic E-state index is -0.00324. The molecule has 0 aliphatic carbocycles. The van der Waals surface area contributed by atoms with Crippen molar-refractivity contribution in [1.29, 1.82) is 0 Å². The first kappa shape index (κ1) is 13.6. The highest BCUT2D eigenvalue weighted by Gasteiger charge is 2.13. The molecule has 2 heteroatoms. The molecule has 0 saturated carbocycles. The van der Waals surface area contributed by atoms with Gasteiger partial charge < -0.3 is 10.5 Å². The predicted molar refractivity (Wildman–Crippen MR) is 79.5 cm³/mol. The first-order valence-corrected chi connectivity index (χ1v) is 6.56. The fraction of sp³-hybridized carbons (Fsp3) is 0.294. The zero-order chi connectivity index (χ0) is 13.8. The van der Waals surface area contributed by atoms with Crippen LogP contribution in [0.3, 0.4) is 0 Å². The lowest BCUT2D eigenvalue weighted by molar-refractivity contribution is 0.407. The summed E-state index contributed by atoms with van der Waals surface area (Å²) >= 11 is 0. The fourth-order valence-electron chi connectivity index (χ4n) is 2.44. The zero-order valence-electron chi connectivity index (χ0n) is 11.8. The van der Waals surface area contributed by atoms with Gasteiger partial charge in [-0.15, -0.1) is 0 Å². The number of rotatable bonds is 4. The van der Waals surface area contributed by atoms with Gasteiger partial charge in [-0.05, 0) is 48.6 Å². The smallest absolute Gasteiger partial charge is 0.122 e. The largest absolute Gasteiger partial charge is 0.496 e. The van der Waals surface area contributed by atoms with Gasteiger partial charge in [0.05, 0.1) is 7.11 Å². The molecule has 0 heterocycles. The van der Waals surface area contributed by atoms with E-state index in [4.69, 9.17) is 10.5 Å². The number of hydrogen-bond acceptors (Lipinski definition) is 2. The monoisotopic (exact) mass is 255 g/mol. The molecule has 1 unspecified atom stereocenters. The molecule has 2 N–H and O–H groups in total.